The van der Waals surface area contributed by atoms with Gasteiger partial charge >= 0.3 is 5.97 Å². The van der Waals surface area contributed by atoms with Gasteiger partial charge < -0.3 is 4.74 Å². The van der Waals surface area contributed by atoms with Gasteiger partial charge in [-0.05, 0) is 37.8 Å². The standard InChI is InChI=1S/C11H14Cl2O2S/c1-2-15-10(14)6-4-3-5-8-7-9(12)16-11(8)13/h7H,2-6H2,1H3. The molecule has 2 nitrogen and oxygen atoms in total. The first-order chi connectivity index (χ1) is 7.63. The van der Waals surface area contributed by atoms with Crippen LogP contribution in [0.3, 0.4) is 0 Å². The average Bonchev–Trinajstić information content (AvgIpc) is 2.53. The summed E-state index contributed by atoms with van der Waals surface area (Å²) in [7, 11) is 0. The fourth-order valence-electron chi connectivity index (χ4n) is 1.36. The molecular weight excluding hydrogens is 267 g/mol. The van der Waals surface area contributed by atoms with Crippen LogP contribution in [-0.2, 0) is 16.0 Å². The third-order valence-corrected chi connectivity index (χ3v) is 3.68. The molecule has 0 bridgehead atoms. The molecule has 0 spiro atoms. The van der Waals surface area contributed by atoms with Crippen LogP contribution in [0.5, 0.6) is 0 Å². The van der Waals surface area contributed by atoms with Crippen LogP contribution < -0.4 is 0 Å². The van der Waals surface area contributed by atoms with Gasteiger partial charge in [0.05, 0.1) is 15.3 Å². The van der Waals surface area contributed by atoms with E-state index < -0.39 is 0 Å². The predicted molar refractivity (Wildman–Crippen MR) is 68.5 cm³/mol. The number of hydrogen-bond donors (Lipinski definition) is 0. The van der Waals surface area contributed by atoms with Crippen LogP contribution in [0.25, 0.3) is 0 Å². The molecule has 90 valence electrons. The van der Waals surface area contributed by atoms with Gasteiger partial charge in [-0.15, -0.1) is 11.3 Å². The number of hydrogen-bond acceptors (Lipinski definition) is 3. The zero-order chi connectivity index (χ0) is 12.0. The summed E-state index contributed by atoms with van der Waals surface area (Å²) in [5, 5.41) is 0. The van der Waals surface area contributed by atoms with Gasteiger partial charge in [-0.2, -0.15) is 0 Å². The highest BCUT2D eigenvalue weighted by atomic mass is 35.5. The number of thiophene rings is 1. The highest BCUT2D eigenvalue weighted by Crippen LogP contribution is 2.32. The molecule has 0 aliphatic carbocycles. The highest BCUT2D eigenvalue weighted by molar-refractivity contribution is 7.20. The van der Waals surface area contributed by atoms with Crippen LogP contribution in [0, 0.1) is 0 Å². The molecule has 0 amide bonds. The molecule has 0 fully saturated rings. The van der Waals surface area contributed by atoms with Crippen LogP contribution >= 0.6 is 34.5 Å². The molecule has 0 unspecified atom stereocenters. The maximum absolute atomic E-state index is 11.1. The highest BCUT2D eigenvalue weighted by Gasteiger charge is 2.06. The Hall–Kier alpha value is -0.250. The van der Waals surface area contributed by atoms with Crippen molar-refractivity contribution in [2.45, 2.75) is 32.6 Å². The Balaban J connectivity index is 2.21. The van der Waals surface area contributed by atoms with Gasteiger partial charge in [-0.3, -0.25) is 4.79 Å². The SMILES string of the molecule is CCOC(=O)CCCCc1cc(Cl)sc1Cl. The van der Waals surface area contributed by atoms with Crippen molar-refractivity contribution in [3.63, 3.8) is 0 Å². The Morgan fingerprint density at radius 2 is 2.19 bits per heavy atom. The maximum atomic E-state index is 11.1. The first kappa shape index (κ1) is 13.8. The molecule has 0 aliphatic rings. The fraction of sp³-hybridized carbons (Fsp3) is 0.545. The van der Waals surface area contributed by atoms with E-state index >= 15 is 0 Å². The van der Waals surface area contributed by atoms with Crippen molar-refractivity contribution in [1.82, 2.24) is 0 Å². The van der Waals surface area contributed by atoms with Gasteiger partial charge in [0.2, 0.25) is 0 Å². The van der Waals surface area contributed by atoms with E-state index in [2.05, 4.69) is 0 Å². The van der Waals surface area contributed by atoms with Gasteiger partial charge in [0.25, 0.3) is 0 Å². The van der Waals surface area contributed by atoms with E-state index in [4.69, 9.17) is 27.9 Å². The third-order valence-electron chi connectivity index (χ3n) is 2.11. The predicted octanol–water partition coefficient (Wildman–Crippen LogP) is 4.33. The molecular formula is C11H14Cl2O2S. The minimum Gasteiger partial charge on any atom is -0.466 e. The number of halogens is 2. The minimum atomic E-state index is -0.128. The first-order valence-corrected chi connectivity index (χ1v) is 6.80. The van der Waals surface area contributed by atoms with Crippen LogP contribution in [0.1, 0.15) is 31.7 Å². The number of unbranched alkanes of at least 4 members (excludes halogenated alkanes) is 1. The maximum Gasteiger partial charge on any atom is 0.305 e. The van der Waals surface area contributed by atoms with E-state index in [1.165, 1.54) is 11.3 Å². The van der Waals surface area contributed by atoms with Gasteiger partial charge in [-0.25, -0.2) is 0 Å². The lowest BCUT2D eigenvalue weighted by atomic mass is 10.1. The van der Waals surface area contributed by atoms with E-state index in [1.807, 2.05) is 13.0 Å². The van der Waals surface area contributed by atoms with Crippen molar-refractivity contribution in [3.8, 4) is 0 Å². The summed E-state index contributed by atoms with van der Waals surface area (Å²) in [6, 6.07) is 1.89. The van der Waals surface area contributed by atoms with E-state index in [-0.39, 0.29) is 5.97 Å². The van der Waals surface area contributed by atoms with Gasteiger partial charge in [0.15, 0.2) is 0 Å². The number of esters is 1. The first-order valence-electron chi connectivity index (χ1n) is 5.22. The number of carbonyl (C=O) groups excluding carboxylic acids is 1. The molecule has 0 aromatic carbocycles. The second kappa shape index (κ2) is 7.15. The normalized spacial score (nSPS) is 10.4. The minimum absolute atomic E-state index is 0.128. The van der Waals surface area contributed by atoms with Crippen LogP contribution in [0.2, 0.25) is 8.67 Å². The summed E-state index contributed by atoms with van der Waals surface area (Å²) in [6.45, 7) is 2.26. The lowest BCUT2D eigenvalue weighted by molar-refractivity contribution is -0.143. The van der Waals surface area contributed by atoms with Gasteiger partial charge in [-0.1, -0.05) is 23.2 Å². The monoisotopic (exact) mass is 280 g/mol. The Bertz CT molecular complexity index is 350. The van der Waals surface area contributed by atoms with Gasteiger partial charge in [0.1, 0.15) is 0 Å². The summed E-state index contributed by atoms with van der Waals surface area (Å²) >= 11 is 13.2. The van der Waals surface area contributed by atoms with Crippen LogP contribution in [0.4, 0.5) is 0 Å². The van der Waals surface area contributed by atoms with E-state index in [9.17, 15) is 4.79 Å². The number of aryl methyl sites for hydroxylation is 1. The zero-order valence-corrected chi connectivity index (χ0v) is 11.4. The molecule has 0 saturated heterocycles. The van der Waals surface area contributed by atoms with Crippen molar-refractivity contribution in [2.24, 2.45) is 0 Å². The lowest BCUT2D eigenvalue weighted by Crippen LogP contribution is -2.03. The molecule has 5 heteroatoms. The Labute approximate surface area is 110 Å². The largest absolute Gasteiger partial charge is 0.466 e. The van der Waals surface area contributed by atoms with Crippen molar-refractivity contribution >= 4 is 40.5 Å². The Kier molecular flexibility index (Phi) is 6.17. The van der Waals surface area contributed by atoms with Crippen molar-refractivity contribution in [1.29, 1.82) is 0 Å². The zero-order valence-electron chi connectivity index (χ0n) is 9.09. The molecule has 0 saturated carbocycles. The molecule has 0 N–H and O–H groups in total. The molecule has 16 heavy (non-hydrogen) atoms. The summed E-state index contributed by atoms with van der Waals surface area (Å²) in [5.41, 5.74) is 1.07. The Morgan fingerprint density at radius 1 is 1.44 bits per heavy atom. The Morgan fingerprint density at radius 3 is 2.75 bits per heavy atom. The molecule has 1 aromatic rings. The summed E-state index contributed by atoms with van der Waals surface area (Å²) in [4.78, 5) is 11.1. The number of rotatable bonds is 6. The second-order valence-corrected chi connectivity index (χ2v) is 5.65. The second-order valence-electron chi connectivity index (χ2n) is 3.36. The van der Waals surface area contributed by atoms with Crippen molar-refractivity contribution < 1.29 is 9.53 Å². The molecule has 0 radical (unpaired) electrons. The summed E-state index contributed by atoms with van der Waals surface area (Å²) in [5.74, 6) is -0.128. The fourth-order valence-corrected chi connectivity index (χ4v) is 2.91. The number of carbonyl (C=O) groups is 1. The van der Waals surface area contributed by atoms with Crippen LogP contribution in [-0.4, -0.2) is 12.6 Å². The van der Waals surface area contributed by atoms with Crippen molar-refractivity contribution in [3.05, 3.63) is 20.3 Å². The topological polar surface area (TPSA) is 26.3 Å². The lowest BCUT2D eigenvalue weighted by Gasteiger charge is -2.01. The van der Waals surface area contributed by atoms with E-state index in [0.29, 0.717) is 17.4 Å². The average molecular weight is 281 g/mol. The molecule has 1 heterocycles. The van der Waals surface area contributed by atoms with Gasteiger partial charge in [0, 0.05) is 6.42 Å². The molecule has 0 aliphatic heterocycles. The summed E-state index contributed by atoms with van der Waals surface area (Å²) in [6.07, 6.45) is 3.08. The third kappa shape index (κ3) is 4.73. The number of ether oxygens (including phenoxy) is 1. The molecule has 1 rings (SSSR count). The van der Waals surface area contributed by atoms with E-state index in [0.717, 1.165) is 29.2 Å². The van der Waals surface area contributed by atoms with Crippen molar-refractivity contribution in [2.75, 3.05) is 6.61 Å². The smallest absolute Gasteiger partial charge is 0.305 e. The summed E-state index contributed by atoms with van der Waals surface area (Å²) < 4.78 is 6.30. The molecule has 0 atom stereocenters. The van der Waals surface area contributed by atoms with Crippen LogP contribution in [0.15, 0.2) is 6.07 Å². The quantitative estimate of drug-likeness (QED) is 0.573. The van der Waals surface area contributed by atoms with E-state index in [1.54, 1.807) is 0 Å². The molecule has 1 aromatic heterocycles.